The molecule has 4 aromatic rings. The first-order valence-electron chi connectivity index (χ1n) is 12.5. The van der Waals surface area contributed by atoms with Crippen LogP contribution in [0.4, 0.5) is 5.82 Å². The van der Waals surface area contributed by atoms with E-state index in [4.69, 9.17) is 5.26 Å². The summed E-state index contributed by atoms with van der Waals surface area (Å²) < 4.78 is 1.73. The van der Waals surface area contributed by atoms with Crippen LogP contribution in [0.25, 0.3) is 11.1 Å². The summed E-state index contributed by atoms with van der Waals surface area (Å²) >= 11 is 0. The van der Waals surface area contributed by atoms with E-state index in [2.05, 4.69) is 33.7 Å². The molecule has 3 N–H and O–H groups in total. The second-order valence-electron chi connectivity index (χ2n) is 9.95. The van der Waals surface area contributed by atoms with Gasteiger partial charge in [-0.05, 0) is 55.2 Å². The molecule has 0 spiro atoms. The van der Waals surface area contributed by atoms with Crippen LogP contribution in [0.1, 0.15) is 49.4 Å². The van der Waals surface area contributed by atoms with E-state index in [1.54, 1.807) is 35.3 Å². The minimum absolute atomic E-state index is 0.0276. The molecule has 2 heterocycles. The van der Waals surface area contributed by atoms with Gasteiger partial charge in [-0.25, -0.2) is 4.98 Å². The number of anilines is 1. The van der Waals surface area contributed by atoms with Crippen molar-refractivity contribution in [3.05, 3.63) is 102 Å². The molecule has 1 amide bonds. The Morgan fingerprint density at radius 3 is 2.39 bits per heavy atom. The Morgan fingerprint density at radius 2 is 1.76 bits per heavy atom. The molecule has 0 aliphatic heterocycles. The number of hydrogen-bond donors (Lipinski definition) is 3. The van der Waals surface area contributed by atoms with Crippen LogP contribution in [-0.4, -0.2) is 38.9 Å². The molecule has 0 saturated heterocycles. The van der Waals surface area contributed by atoms with Gasteiger partial charge in [-0.1, -0.05) is 49.4 Å². The molecule has 0 fully saturated rings. The maximum Gasteiger partial charge on any atom is 0.247 e. The van der Waals surface area contributed by atoms with Crippen molar-refractivity contribution in [2.45, 2.75) is 38.3 Å². The van der Waals surface area contributed by atoms with Crippen molar-refractivity contribution in [2.24, 2.45) is 0 Å². The Morgan fingerprint density at radius 1 is 1.03 bits per heavy atom. The number of pyridine rings is 1. The SMILES string of the molecule is C[C@H](CN[C@H](C(=O)Nc1ccc(-c2cnn(C(C)(C)CO)c2)cn1)c1ccccc1)c1ccc(C#N)cc1. The van der Waals surface area contributed by atoms with E-state index in [0.29, 0.717) is 17.9 Å². The lowest BCUT2D eigenvalue weighted by molar-refractivity contribution is -0.118. The first-order chi connectivity index (χ1) is 18.3. The molecule has 38 heavy (non-hydrogen) atoms. The molecule has 2 aromatic carbocycles. The number of aromatic nitrogens is 3. The molecular weight excluding hydrogens is 476 g/mol. The second kappa shape index (κ2) is 11.8. The maximum atomic E-state index is 13.4. The molecule has 0 aliphatic carbocycles. The van der Waals surface area contributed by atoms with Crippen LogP contribution >= 0.6 is 0 Å². The highest BCUT2D eigenvalue weighted by atomic mass is 16.3. The van der Waals surface area contributed by atoms with Gasteiger partial charge >= 0.3 is 0 Å². The molecule has 0 unspecified atom stereocenters. The molecule has 2 atom stereocenters. The molecule has 194 valence electrons. The lowest BCUT2D eigenvalue weighted by Gasteiger charge is -2.22. The number of aliphatic hydroxyl groups excluding tert-OH is 1. The van der Waals surface area contributed by atoms with Gasteiger partial charge in [0.05, 0.1) is 30.0 Å². The van der Waals surface area contributed by atoms with Gasteiger partial charge in [-0.2, -0.15) is 10.4 Å². The summed E-state index contributed by atoms with van der Waals surface area (Å²) in [7, 11) is 0. The van der Waals surface area contributed by atoms with Crippen LogP contribution in [0.5, 0.6) is 0 Å². The number of rotatable bonds is 10. The zero-order chi connectivity index (χ0) is 27.1. The largest absolute Gasteiger partial charge is 0.394 e. The first-order valence-corrected chi connectivity index (χ1v) is 12.5. The fraction of sp³-hybridized carbons (Fsp3) is 0.267. The Bertz CT molecular complexity index is 1390. The lowest BCUT2D eigenvalue weighted by atomic mass is 9.98. The van der Waals surface area contributed by atoms with Crippen molar-refractivity contribution >= 4 is 11.7 Å². The minimum atomic E-state index is -0.572. The van der Waals surface area contributed by atoms with Gasteiger partial charge in [0.2, 0.25) is 5.91 Å². The smallest absolute Gasteiger partial charge is 0.247 e. The van der Waals surface area contributed by atoms with Gasteiger partial charge < -0.3 is 15.7 Å². The number of benzene rings is 2. The number of nitrogens with one attached hydrogen (secondary N) is 2. The van der Waals surface area contributed by atoms with Gasteiger partial charge in [0, 0.05) is 30.1 Å². The number of hydrogen-bond acceptors (Lipinski definition) is 6. The second-order valence-corrected chi connectivity index (χ2v) is 9.95. The molecular formula is C30H32N6O2. The molecule has 4 rings (SSSR count). The Labute approximate surface area is 223 Å². The van der Waals surface area contributed by atoms with Gasteiger partial charge in [0.1, 0.15) is 11.9 Å². The predicted octanol–water partition coefficient (Wildman–Crippen LogP) is 4.62. The van der Waals surface area contributed by atoms with Crippen molar-refractivity contribution in [2.75, 3.05) is 18.5 Å². The van der Waals surface area contributed by atoms with Gasteiger partial charge in [-0.15, -0.1) is 0 Å². The number of carbonyl (C=O) groups excluding carboxylic acids is 1. The average molecular weight is 509 g/mol. The first kappa shape index (κ1) is 26.7. The summed E-state index contributed by atoms with van der Waals surface area (Å²) in [4.78, 5) is 17.8. The van der Waals surface area contributed by atoms with Gasteiger partial charge in [0.15, 0.2) is 0 Å². The van der Waals surface area contributed by atoms with Crippen LogP contribution in [0.15, 0.2) is 85.3 Å². The maximum absolute atomic E-state index is 13.4. The number of amides is 1. The van der Waals surface area contributed by atoms with Crippen molar-refractivity contribution in [3.63, 3.8) is 0 Å². The van der Waals surface area contributed by atoms with Crippen molar-refractivity contribution in [1.82, 2.24) is 20.1 Å². The number of nitriles is 1. The summed E-state index contributed by atoms with van der Waals surface area (Å²) in [5, 5.41) is 29.3. The highest BCUT2D eigenvalue weighted by molar-refractivity contribution is 5.95. The van der Waals surface area contributed by atoms with Crippen LogP contribution < -0.4 is 10.6 Å². The Balaban J connectivity index is 1.45. The topological polar surface area (TPSA) is 116 Å². The van der Waals surface area contributed by atoms with Crippen molar-refractivity contribution in [3.8, 4) is 17.2 Å². The third kappa shape index (κ3) is 6.32. The van der Waals surface area contributed by atoms with Crippen LogP contribution in [0.3, 0.4) is 0 Å². The molecule has 0 saturated carbocycles. The monoisotopic (exact) mass is 508 g/mol. The van der Waals surface area contributed by atoms with Gasteiger partial charge in [-0.3, -0.25) is 9.48 Å². The Hall–Kier alpha value is -4.32. The normalized spacial score (nSPS) is 12.9. The average Bonchev–Trinajstić information content (AvgIpc) is 3.45. The zero-order valence-electron chi connectivity index (χ0n) is 21.8. The summed E-state index contributed by atoms with van der Waals surface area (Å²) in [6.45, 7) is 6.43. The molecule has 0 bridgehead atoms. The quantitative estimate of drug-likeness (QED) is 0.288. The third-order valence-electron chi connectivity index (χ3n) is 6.57. The number of nitrogens with zero attached hydrogens (tertiary/aromatic N) is 4. The number of aliphatic hydroxyl groups is 1. The summed E-state index contributed by atoms with van der Waals surface area (Å²) in [6, 6.07) is 22.3. The summed E-state index contributed by atoms with van der Waals surface area (Å²) in [5.41, 5.74) is 3.79. The molecule has 2 aromatic heterocycles. The highest BCUT2D eigenvalue weighted by Crippen LogP contribution is 2.23. The van der Waals surface area contributed by atoms with E-state index in [1.165, 1.54) is 0 Å². The van der Waals surface area contributed by atoms with Crippen LogP contribution in [0.2, 0.25) is 0 Å². The van der Waals surface area contributed by atoms with Crippen LogP contribution in [-0.2, 0) is 10.3 Å². The van der Waals surface area contributed by atoms with Crippen LogP contribution in [0, 0.1) is 11.3 Å². The highest BCUT2D eigenvalue weighted by Gasteiger charge is 2.22. The summed E-state index contributed by atoms with van der Waals surface area (Å²) in [5.74, 6) is 0.376. The lowest BCUT2D eigenvalue weighted by Crippen LogP contribution is -2.35. The summed E-state index contributed by atoms with van der Waals surface area (Å²) in [6.07, 6.45) is 5.30. The standard InChI is InChI=1S/C30H32N6O2/c1-21(23-11-9-22(15-31)10-12-23)16-33-28(24-7-5-4-6-8-24)29(38)35-27-14-13-25(17-32-27)26-18-34-36(19-26)30(2,3)20-37/h4-14,17-19,21,28,33,37H,16,20H2,1-3H3,(H,32,35,38)/t21-,28+/m1/s1. The third-order valence-corrected chi connectivity index (χ3v) is 6.57. The van der Waals surface area contributed by atoms with E-state index in [0.717, 1.165) is 22.3 Å². The van der Waals surface area contributed by atoms with Crippen molar-refractivity contribution < 1.29 is 9.90 Å². The van der Waals surface area contributed by atoms with Crippen molar-refractivity contribution in [1.29, 1.82) is 5.26 Å². The molecule has 0 aliphatic rings. The van der Waals surface area contributed by atoms with E-state index in [1.807, 2.05) is 68.6 Å². The fourth-order valence-corrected chi connectivity index (χ4v) is 4.02. The minimum Gasteiger partial charge on any atom is -0.394 e. The molecule has 8 nitrogen and oxygen atoms in total. The van der Waals surface area contributed by atoms with E-state index < -0.39 is 11.6 Å². The van der Waals surface area contributed by atoms with Gasteiger partial charge in [0.25, 0.3) is 0 Å². The molecule has 0 radical (unpaired) electrons. The predicted molar refractivity (Wildman–Crippen MR) is 147 cm³/mol. The zero-order valence-corrected chi connectivity index (χ0v) is 21.8. The Kier molecular flexibility index (Phi) is 8.31. The van der Waals surface area contributed by atoms with E-state index in [-0.39, 0.29) is 18.4 Å². The van der Waals surface area contributed by atoms with E-state index >= 15 is 0 Å². The molecule has 8 heteroatoms. The fourth-order valence-electron chi connectivity index (χ4n) is 4.02. The number of carbonyl (C=O) groups is 1. The van der Waals surface area contributed by atoms with E-state index in [9.17, 15) is 9.90 Å².